The molecule has 0 aliphatic carbocycles. The minimum atomic E-state index is 1.07. The van der Waals surface area contributed by atoms with Crippen molar-refractivity contribution in [2.45, 2.75) is 20.3 Å². The lowest BCUT2D eigenvalue weighted by Gasteiger charge is -2.01. The topological polar surface area (TPSA) is 15.6 Å². The van der Waals surface area contributed by atoms with Crippen LogP contribution in [0, 0.1) is 0 Å². The summed E-state index contributed by atoms with van der Waals surface area (Å²) in [7, 11) is 3.82. The largest absolute Gasteiger partial charge is 0.303 e. The quantitative estimate of drug-likeness (QED) is 0.432. The Morgan fingerprint density at radius 2 is 2.10 bits per heavy atom. The third-order valence-corrected chi connectivity index (χ3v) is 1.02. The second-order valence-electron chi connectivity index (χ2n) is 2.45. The molecular weight excluding hydrogens is 124 g/mol. The highest BCUT2D eigenvalue weighted by molar-refractivity contribution is 5.77. The van der Waals surface area contributed by atoms with Crippen LogP contribution in [0.25, 0.3) is 0 Å². The van der Waals surface area contributed by atoms with E-state index in [4.69, 9.17) is 0 Å². The lowest BCUT2D eigenvalue weighted by molar-refractivity contribution is 0.440. The summed E-state index contributed by atoms with van der Waals surface area (Å²) in [6.07, 6.45) is 5.09. The van der Waals surface area contributed by atoms with Crippen molar-refractivity contribution in [3.8, 4) is 0 Å². The molecule has 58 valence electrons. The molecule has 10 heavy (non-hydrogen) atoms. The molecule has 0 saturated carbocycles. The zero-order valence-electron chi connectivity index (χ0n) is 7.26. The molecule has 0 aliphatic heterocycles. The number of hydrogen-bond donors (Lipinski definition) is 0. The Labute approximate surface area is 63.2 Å². The molecule has 0 aromatic carbocycles. The van der Waals surface area contributed by atoms with E-state index in [1.54, 1.807) is 5.01 Å². The Morgan fingerprint density at radius 1 is 1.50 bits per heavy atom. The first-order valence-electron chi connectivity index (χ1n) is 3.55. The summed E-state index contributed by atoms with van der Waals surface area (Å²) in [5.74, 6) is 0. The van der Waals surface area contributed by atoms with Crippen LogP contribution in [-0.2, 0) is 0 Å². The van der Waals surface area contributed by atoms with Crippen LogP contribution < -0.4 is 0 Å². The van der Waals surface area contributed by atoms with Crippen molar-refractivity contribution < 1.29 is 0 Å². The highest BCUT2D eigenvalue weighted by Gasteiger charge is 1.80. The van der Waals surface area contributed by atoms with Crippen molar-refractivity contribution in [3.05, 3.63) is 11.6 Å². The van der Waals surface area contributed by atoms with Crippen LogP contribution in [0.3, 0.4) is 0 Å². The van der Waals surface area contributed by atoms with Gasteiger partial charge in [-0.25, -0.2) is 0 Å². The predicted molar refractivity (Wildman–Crippen MR) is 46.2 cm³/mol. The molecule has 2 nitrogen and oxygen atoms in total. The van der Waals surface area contributed by atoms with E-state index in [2.05, 4.69) is 25.0 Å². The molecule has 0 saturated heterocycles. The summed E-state index contributed by atoms with van der Waals surface area (Å²) in [5, 5.41) is 5.87. The van der Waals surface area contributed by atoms with Crippen molar-refractivity contribution in [2.75, 3.05) is 14.1 Å². The van der Waals surface area contributed by atoms with Crippen molar-refractivity contribution in [3.63, 3.8) is 0 Å². The van der Waals surface area contributed by atoms with Gasteiger partial charge in [-0.15, -0.1) is 0 Å². The molecule has 0 rings (SSSR count). The Morgan fingerprint density at radius 3 is 2.50 bits per heavy atom. The number of hydrazone groups is 1. The second-order valence-corrected chi connectivity index (χ2v) is 2.45. The lowest BCUT2D eigenvalue weighted by Crippen LogP contribution is -2.01. The molecule has 0 aliphatic rings. The molecule has 0 heterocycles. The van der Waals surface area contributed by atoms with Gasteiger partial charge in [0.1, 0.15) is 0 Å². The highest BCUT2D eigenvalue weighted by Crippen LogP contribution is 1.90. The van der Waals surface area contributed by atoms with Crippen molar-refractivity contribution in [1.29, 1.82) is 0 Å². The fourth-order valence-corrected chi connectivity index (χ4v) is 0.581. The van der Waals surface area contributed by atoms with Gasteiger partial charge in [-0.3, -0.25) is 0 Å². The molecule has 0 fully saturated rings. The van der Waals surface area contributed by atoms with E-state index < -0.39 is 0 Å². The van der Waals surface area contributed by atoms with E-state index in [9.17, 15) is 0 Å². The molecule has 0 atom stereocenters. The van der Waals surface area contributed by atoms with Gasteiger partial charge in [-0.05, 0) is 18.9 Å². The zero-order valence-corrected chi connectivity index (χ0v) is 7.26. The van der Waals surface area contributed by atoms with Crippen molar-refractivity contribution >= 4 is 6.21 Å². The van der Waals surface area contributed by atoms with Crippen LogP contribution in [0.4, 0.5) is 0 Å². The van der Waals surface area contributed by atoms with Gasteiger partial charge in [0.2, 0.25) is 0 Å². The standard InChI is InChI=1S/C8H16N2/c1-5-6-8(2)7-9-10(3)4/h6-7H,5H2,1-4H3/b8-6+,9-7-. The molecule has 0 N–H and O–H groups in total. The summed E-state index contributed by atoms with van der Waals surface area (Å²) < 4.78 is 0. The molecule has 0 radical (unpaired) electrons. The van der Waals surface area contributed by atoms with Gasteiger partial charge < -0.3 is 5.01 Å². The van der Waals surface area contributed by atoms with Crippen molar-refractivity contribution in [1.82, 2.24) is 5.01 Å². The summed E-state index contributed by atoms with van der Waals surface area (Å²) in [6, 6.07) is 0. The van der Waals surface area contributed by atoms with E-state index in [-0.39, 0.29) is 0 Å². The van der Waals surface area contributed by atoms with Gasteiger partial charge in [-0.2, -0.15) is 5.10 Å². The van der Waals surface area contributed by atoms with Gasteiger partial charge in [0, 0.05) is 20.3 Å². The normalized spacial score (nSPS) is 12.6. The van der Waals surface area contributed by atoms with Crippen molar-refractivity contribution in [2.24, 2.45) is 5.10 Å². The van der Waals surface area contributed by atoms with Crippen LogP contribution >= 0.6 is 0 Å². The Balaban J connectivity index is 3.77. The molecule has 0 aromatic heterocycles. The third-order valence-electron chi connectivity index (χ3n) is 1.02. The van der Waals surface area contributed by atoms with Crippen LogP contribution in [0.2, 0.25) is 0 Å². The van der Waals surface area contributed by atoms with E-state index in [0.717, 1.165) is 6.42 Å². The van der Waals surface area contributed by atoms with Gasteiger partial charge in [0.05, 0.1) is 0 Å². The Hall–Kier alpha value is -0.790. The molecule has 0 aromatic rings. The molecule has 0 amide bonds. The zero-order chi connectivity index (χ0) is 7.98. The van der Waals surface area contributed by atoms with Gasteiger partial charge in [0.15, 0.2) is 0 Å². The maximum Gasteiger partial charge on any atom is 0.0496 e. The van der Waals surface area contributed by atoms with Crippen LogP contribution in [0.15, 0.2) is 16.8 Å². The minimum absolute atomic E-state index is 1.07. The second kappa shape index (κ2) is 5.03. The van der Waals surface area contributed by atoms with E-state index in [0.29, 0.717) is 0 Å². The average Bonchev–Trinajstić information content (AvgIpc) is 1.85. The fraction of sp³-hybridized carbons (Fsp3) is 0.625. The van der Waals surface area contributed by atoms with Crippen LogP contribution in [0.1, 0.15) is 20.3 Å². The first kappa shape index (κ1) is 9.21. The highest BCUT2D eigenvalue weighted by atomic mass is 15.4. The number of rotatable bonds is 3. The average molecular weight is 140 g/mol. The first-order chi connectivity index (χ1) is 4.66. The van der Waals surface area contributed by atoms with Gasteiger partial charge in [-0.1, -0.05) is 13.0 Å². The molecule has 0 bridgehead atoms. The minimum Gasteiger partial charge on any atom is -0.303 e. The van der Waals surface area contributed by atoms with Crippen LogP contribution in [0.5, 0.6) is 0 Å². The van der Waals surface area contributed by atoms with E-state index in [1.165, 1.54) is 5.57 Å². The maximum absolute atomic E-state index is 4.08. The third kappa shape index (κ3) is 5.35. The van der Waals surface area contributed by atoms with Gasteiger partial charge in [0.25, 0.3) is 0 Å². The Kier molecular flexibility index (Phi) is 4.63. The number of nitrogens with zero attached hydrogens (tertiary/aromatic N) is 2. The maximum atomic E-state index is 4.08. The molecule has 2 heteroatoms. The van der Waals surface area contributed by atoms with E-state index >= 15 is 0 Å². The fourth-order valence-electron chi connectivity index (χ4n) is 0.581. The number of hydrogen-bond acceptors (Lipinski definition) is 2. The number of allylic oxidation sites excluding steroid dienone is 2. The monoisotopic (exact) mass is 140 g/mol. The Bertz CT molecular complexity index is 134. The van der Waals surface area contributed by atoms with E-state index in [1.807, 2.05) is 20.3 Å². The SMILES string of the molecule is CC/C=C(C)/C=N\N(C)C. The predicted octanol–water partition coefficient (Wildman–Crippen LogP) is 1.89. The first-order valence-corrected chi connectivity index (χ1v) is 3.55. The summed E-state index contributed by atoms with van der Waals surface area (Å²) in [5.41, 5.74) is 1.22. The summed E-state index contributed by atoms with van der Waals surface area (Å²) >= 11 is 0. The summed E-state index contributed by atoms with van der Waals surface area (Å²) in [4.78, 5) is 0. The molecule has 0 unspecified atom stereocenters. The smallest absolute Gasteiger partial charge is 0.0496 e. The van der Waals surface area contributed by atoms with Crippen LogP contribution in [-0.4, -0.2) is 25.3 Å². The summed E-state index contributed by atoms with van der Waals surface area (Å²) in [6.45, 7) is 4.17. The molecule has 0 spiro atoms. The van der Waals surface area contributed by atoms with Gasteiger partial charge >= 0.3 is 0 Å². The lowest BCUT2D eigenvalue weighted by atomic mass is 10.3. The molecular formula is C8H16N2.